The van der Waals surface area contributed by atoms with Crippen LogP contribution in [0.5, 0.6) is 0 Å². The van der Waals surface area contributed by atoms with E-state index in [1.165, 1.54) is 6.20 Å². The minimum Gasteiger partial charge on any atom is -0.388 e. The predicted octanol–water partition coefficient (Wildman–Crippen LogP) is 0.826. The maximum Gasteiger partial charge on any atom is 0.242 e. The Morgan fingerprint density at radius 3 is 2.63 bits per heavy atom. The summed E-state index contributed by atoms with van der Waals surface area (Å²) in [5.74, 6) is 0.193. The van der Waals surface area contributed by atoms with Gasteiger partial charge in [-0.3, -0.25) is 4.79 Å². The molecule has 0 bridgehead atoms. The third kappa shape index (κ3) is 5.17. The van der Waals surface area contributed by atoms with Gasteiger partial charge in [0.2, 0.25) is 11.9 Å². The molecule has 104 valence electrons. The van der Waals surface area contributed by atoms with Crippen molar-refractivity contribution < 1.29 is 4.79 Å². The van der Waals surface area contributed by atoms with Crippen molar-refractivity contribution in [2.75, 3.05) is 5.32 Å². The first kappa shape index (κ1) is 15.3. The topological polar surface area (TPSA) is 92.9 Å². The molecule has 0 saturated carbocycles. The van der Waals surface area contributed by atoms with E-state index in [2.05, 4.69) is 20.6 Å². The van der Waals surface area contributed by atoms with E-state index in [1.54, 1.807) is 13.0 Å². The molecule has 1 aromatic heterocycles. The van der Waals surface area contributed by atoms with Crippen molar-refractivity contribution in [3.8, 4) is 0 Å². The smallest absolute Gasteiger partial charge is 0.242 e. The van der Waals surface area contributed by atoms with E-state index < -0.39 is 6.04 Å². The molecule has 0 aliphatic rings. The van der Waals surface area contributed by atoms with Crippen molar-refractivity contribution in [2.24, 2.45) is 5.73 Å². The molecule has 0 aliphatic carbocycles. The Morgan fingerprint density at radius 1 is 1.47 bits per heavy atom. The lowest BCUT2D eigenvalue weighted by atomic mass is 10.1. The lowest BCUT2D eigenvalue weighted by Gasteiger charge is -2.23. The zero-order chi connectivity index (χ0) is 14.6. The Balaban J connectivity index is 2.71. The van der Waals surface area contributed by atoms with Gasteiger partial charge in [-0.15, -0.1) is 0 Å². The van der Waals surface area contributed by atoms with Gasteiger partial charge in [-0.25, -0.2) is 9.97 Å². The minimum atomic E-state index is -0.458. The molecule has 7 heteroatoms. The van der Waals surface area contributed by atoms with Gasteiger partial charge in [-0.05, 0) is 33.8 Å². The highest BCUT2D eigenvalue weighted by atomic mass is 32.1. The molecule has 1 aromatic rings. The molecule has 0 radical (unpaired) electrons. The first-order chi connectivity index (χ1) is 8.69. The van der Waals surface area contributed by atoms with Gasteiger partial charge in [0, 0.05) is 11.7 Å². The van der Waals surface area contributed by atoms with Crippen molar-refractivity contribution in [1.82, 2.24) is 15.3 Å². The van der Waals surface area contributed by atoms with Gasteiger partial charge in [0.05, 0.1) is 0 Å². The van der Waals surface area contributed by atoms with Crippen molar-refractivity contribution in [3.63, 3.8) is 0 Å². The van der Waals surface area contributed by atoms with Crippen LogP contribution in [-0.4, -0.2) is 32.4 Å². The molecule has 0 aromatic carbocycles. The fourth-order valence-corrected chi connectivity index (χ4v) is 1.42. The molecule has 0 spiro atoms. The molecule has 1 atom stereocenters. The number of nitrogens with two attached hydrogens (primary N) is 1. The third-order valence-corrected chi connectivity index (χ3v) is 2.35. The summed E-state index contributed by atoms with van der Waals surface area (Å²) in [6.45, 7) is 7.49. The number of aromatic nitrogens is 2. The van der Waals surface area contributed by atoms with Crippen LogP contribution in [0.1, 0.15) is 33.4 Å². The summed E-state index contributed by atoms with van der Waals surface area (Å²) in [4.78, 5) is 20.2. The molecule has 0 fully saturated rings. The maximum absolute atomic E-state index is 11.9. The summed E-state index contributed by atoms with van der Waals surface area (Å²) >= 11 is 4.84. The van der Waals surface area contributed by atoms with Crippen LogP contribution in [0.25, 0.3) is 0 Å². The van der Waals surface area contributed by atoms with Crippen LogP contribution in [0.4, 0.5) is 5.95 Å². The standard InChI is InChI=1S/C12H19N5OS/c1-7(10(18)17-12(2,3)4)15-11-14-6-5-8(16-11)9(13)19/h5-7H,1-4H3,(H2,13,19)(H,17,18)(H,14,15,16). The van der Waals surface area contributed by atoms with Crippen molar-refractivity contribution >= 4 is 29.1 Å². The first-order valence-electron chi connectivity index (χ1n) is 5.90. The summed E-state index contributed by atoms with van der Waals surface area (Å²) in [6, 6.07) is 1.16. The van der Waals surface area contributed by atoms with E-state index in [0.717, 1.165) is 0 Å². The molecule has 1 unspecified atom stereocenters. The monoisotopic (exact) mass is 281 g/mol. The van der Waals surface area contributed by atoms with Crippen LogP contribution in [-0.2, 0) is 4.79 Å². The number of rotatable bonds is 4. The Labute approximate surface area is 118 Å². The largest absolute Gasteiger partial charge is 0.388 e. The summed E-state index contributed by atoms with van der Waals surface area (Å²) < 4.78 is 0. The number of hydrogen-bond acceptors (Lipinski definition) is 5. The number of carbonyl (C=O) groups is 1. The second-order valence-corrected chi connectivity index (χ2v) is 5.67. The average molecular weight is 281 g/mol. The lowest BCUT2D eigenvalue weighted by Crippen LogP contribution is -2.47. The predicted molar refractivity (Wildman–Crippen MR) is 78.9 cm³/mol. The number of anilines is 1. The van der Waals surface area contributed by atoms with E-state index in [1.807, 2.05) is 20.8 Å². The van der Waals surface area contributed by atoms with Crippen LogP contribution in [0.15, 0.2) is 12.3 Å². The molecular formula is C12H19N5OS. The van der Waals surface area contributed by atoms with Crippen LogP contribution in [0.3, 0.4) is 0 Å². The molecule has 0 aliphatic heterocycles. The highest BCUT2D eigenvalue weighted by Gasteiger charge is 2.19. The summed E-state index contributed by atoms with van der Waals surface area (Å²) in [5, 5.41) is 5.78. The van der Waals surface area contributed by atoms with Crippen LogP contribution in [0, 0.1) is 0 Å². The van der Waals surface area contributed by atoms with Gasteiger partial charge in [0.25, 0.3) is 0 Å². The summed E-state index contributed by atoms with van der Waals surface area (Å²) in [5.41, 5.74) is 5.68. The van der Waals surface area contributed by atoms with Crippen molar-refractivity contribution in [2.45, 2.75) is 39.3 Å². The molecule has 1 rings (SSSR count). The molecule has 0 saturated heterocycles. The van der Waals surface area contributed by atoms with Crippen LogP contribution < -0.4 is 16.4 Å². The number of thiocarbonyl (C=S) groups is 1. The van der Waals surface area contributed by atoms with Gasteiger partial charge in [0.1, 0.15) is 16.7 Å². The van der Waals surface area contributed by atoms with Crippen LogP contribution in [0.2, 0.25) is 0 Å². The quantitative estimate of drug-likeness (QED) is 0.708. The van der Waals surface area contributed by atoms with Gasteiger partial charge in [-0.2, -0.15) is 0 Å². The third-order valence-electron chi connectivity index (χ3n) is 2.15. The fourth-order valence-electron chi connectivity index (χ4n) is 1.30. The van der Waals surface area contributed by atoms with E-state index >= 15 is 0 Å². The van der Waals surface area contributed by atoms with E-state index in [-0.39, 0.29) is 16.4 Å². The highest BCUT2D eigenvalue weighted by molar-refractivity contribution is 7.80. The Bertz CT molecular complexity index is 483. The van der Waals surface area contributed by atoms with Gasteiger partial charge < -0.3 is 16.4 Å². The second-order valence-electron chi connectivity index (χ2n) is 5.24. The van der Waals surface area contributed by atoms with Crippen molar-refractivity contribution in [1.29, 1.82) is 0 Å². The van der Waals surface area contributed by atoms with Gasteiger partial charge in [0.15, 0.2) is 0 Å². The lowest BCUT2D eigenvalue weighted by molar-refractivity contribution is -0.122. The molecular weight excluding hydrogens is 262 g/mol. The van der Waals surface area contributed by atoms with E-state index in [0.29, 0.717) is 11.6 Å². The second kappa shape index (κ2) is 5.92. The number of amides is 1. The maximum atomic E-state index is 11.9. The molecule has 6 nitrogen and oxygen atoms in total. The van der Waals surface area contributed by atoms with Gasteiger partial charge >= 0.3 is 0 Å². The zero-order valence-corrected chi connectivity index (χ0v) is 12.3. The summed E-state index contributed by atoms with van der Waals surface area (Å²) in [7, 11) is 0. The van der Waals surface area contributed by atoms with Gasteiger partial charge in [-0.1, -0.05) is 12.2 Å². The number of carbonyl (C=O) groups excluding carboxylic acids is 1. The molecule has 4 N–H and O–H groups in total. The Kier molecular flexibility index (Phi) is 4.77. The fraction of sp³-hybridized carbons (Fsp3) is 0.500. The number of nitrogens with one attached hydrogen (secondary N) is 2. The minimum absolute atomic E-state index is 0.128. The van der Waals surface area contributed by atoms with E-state index in [9.17, 15) is 4.79 Å². The highest BCUT2D eigenvalue weighted by Crippen LogP contribution is 2.04. The number of nitrogens with zero attached hydrogens (tertiary/aromatic N) is 2. The van der Waals surface area contributed by atoms with E-state index in [4.69, 9.17) is 18.0 Å². The Morgan fingerprint density at radius 2 is 2.11 bits per heavy atom. The van der Waals surface area contributed by atoms with Crippen LogP contribution >= 0.6 is 12.2 Å². The molecule has 1 heterocycles. The zero-order valence-electron chi connectivity index (χ0n) is 11.5. The number of hydrogen-bond donors (Lipinski definition) is 3. The Hall–Kier alpha value is -1.76. The average Bonchev–Trinajstić information content (AvgIpc) is 2.27. The molecule has 1 amide bonds. The SMILES string of the molecule is CC(Nc1nccc(C(N)=S)n1)C(=O)NC(C)(C)C. The van der Waals surface area contributed by atoms with Crippen molar-refractivity contribution in [3.05, 3.63) is 18.0 Å². The molecule has 19 heavy (non-hydrogen) atoms. The normalized spacial score (nSPS) is 12.6. The first-order valence-corrected chi connectivity index (χ1v) is 6.31. The summed E-state index contributed by atoms with van der Waals surface area (Å²) in [6.07, 6.45) is 1.54.